The van der Waals surface area contributed by atoms with Crippen molar-refractivity contribution in [2.75, 3.05) is 14.1 Å². The molecule has 0 amide bonds. The summed E-state index contributed by atoms with van der Waals surface area (Å²) in [5, 5.41) is 21.1. The molecular weight excluding hydrogens is 442 g/mol. The van der Waals surface area contributed by atoms with Gasteiger partial charge >= 0.3 is 0 Å². The van der Waals surface area contributed by atoms with Crippen LogP contribution < -0.4 is 0 Å². The van der Waals surface area contributed by atoms with Crippen molar-refractivity contribution in [3.63, 3.8) is 0 Å². The Kier molecular flexibility index (Phi) is 9.94. The van der Waals surface area contributed by atoms with Crippen molar-refractivity contribution in [1.29, 1.82) is 0 Å². The van der Waals surface area contributed by atoms with Crippen molar-refractivity contribution < 1.29 is 10.2 Å². The van der Waals surface area contributed by atoms with Crippen LogP contribution in [0, 0.1) is 0 Å². The van der Waals surface area contributed by atoms with E-state index in [1.54, 1.807) is 0 Å². The average Bonchev–Trinajstić information content (AvgIpc) is 2.66. The van der Waals surface area contributed by atoms with Crippen LogP contribution >= 0.6 is 0 Å². The summed E-state index contributed by atoms with van der Waals surface area (Å²) in [6, 6.07) is 8.57. The lowest BCUT2D eigenvalue weighted by Gasteiger charge is -2.28. The molecule has 2 rings (SSSR count). The Morgan fingerprint density at radius 3 is 0.972 bits per heavy atom. The summed E-state index contributed by atoms with van der Waals surface area (Å²) in [6.07, 6.45) is 1.01. The van der Waals surface area contributed by atoms with Gasteiger partial charge in [-0.05, 0) is 75.6 Å². The van der Waals surface area contributed by atoms with Crippen LogP contribution in [0.2, 0.25) is 0 Å². The van der Waals surface area contributed by atoms with Crippen molar-refractivity contribution in [2.45, 2.75) is 125 Å². The number of hydrogen-bond acceptors (Lipinski definition) is 3. The summed E-state index contributed by atoms with van der Waals surface area (Å²) < 4.78 is 0. The van der Waals surface area contributed by atoms with Gasteiger partial charge in [-0.2, -0.15) is 0 Å². The first-order valence-corrected chi connectivity index (χ1v) is 13.4. The Morgan fingerprint density at radius 1 is 0.528 bits per heavy atom. The molecule has 2 N–H and O–H groups in total. The molecule has 0 bridgehead atoms. The highest BCUT2D eigenvalue weighted by Gasteiger charge is 2.27. The summed E-state index contributed by atoms with van der Waals surface area (Å²) in [5.41, 5.74) is 6.62. The molecule has 3 nitrogen and oxygen atoms in total. The monoisotopic (exact) mass is 497 g/mol. The summed E-state index contributed by atoms with van der Waals surface area (Å²) >= 11 is 0. The minimum absolute atomic E-state index is 0.0186. The van der Waals surface area contributed by atoms with Crippen LogP contribution in [0.4, 0.5) is 0 Å². The van der Waals surface area contributed by atoms with Crippen LogP contribution in [-0.2, 0) is 34.6 Å². The minimum atomic E-state index is -0.0492. The molecule has 0 radical (unpaired) electrons. The van der Waals surface area contributed by atoms with Gasteiger partial charge < -0.3 is 15.1 Å². The Balaban J connectivity index is 0.000000362. The molecule has 2 aromatic carbocycles. The second kappa shape index (κ2) is 11.2. The second-order valence-electron chi connectivity index (χ2n) is 14.7. The van der Waals surface area contributed by atoms with Crippen molar-refractivity contribution in [3.05, 3.63) is 57.6 Å². The van der Waals surface area contributed by atoms with Crippen molar-refractivity contribution >= 4 is 0 Å². The zero-order valence-corrected chi connectivity index (χ0v) is 26.1. The quantitative estimate of drug-likeness (QED) is 0.446. The molecule has 0 heterocycles. The summed E-state index contributed by atoms with van der Waals surface area (Å²) in [5.74, 6) is 0.935. The van der Waals surface area contributed by atoms with Gasteiger partial charge in [-0.3, -0.25) is 0 Å². The number of hydrogen-bond donors (Lipinski definition) is 2. The summed E-state index contributed by atoms with van der Waals surface area (Å²) in [7, 11) is 4.14. The fourth-order valence-electron chi connectivity index (χ4n) is 4.34. The van der Waals surface area contributed by atoms with Crippen LogP contribution in [0.5, 0.6) is 11.5 Å². The van der Waals surface area contributed by atoms with Crippen molar-refractivity contribution in [2.24, 2.45) is 0 Å². The van der Waals surface area contributed by atoms with E-state index in [0.717, 1.165) is 35.2 Å². The Hall–Kier alpha value is -2.00. The highest BCUT2D eigenvalue weighted by molar-refractivity contribution is 5.50. The Bertz CT molecular complexity index is 950. The number of aryl methyl sites for hydroxylation is 1. The Labute approximate surface area is 223 Å². The maximum atomic E-state index is 10.6. The van der Waals surface area contributed by atoms with Crippen LogP contribution in [0.25, 0.3) is 0 Å². The van der Waals surface area contributed by atoms with Crippen molar-refractivity contribution in [3.8, 4) is 11.5 Å². The predicted molar refractivity (Wildman–Crippen MR) is 158 cm³/mol. The fraction of sp³-hybridized carbons (Fsp3) is 0.636. The van der Waals surface area contributed by atoms with E-state index in [2.05, 4.69) is 133 Å². The van der Waals surface area contributed by atoms with Gasteiger partial charge in [0.15, 0.2) is 0 Å². The van der Waals surface area contributed by atoms with E-state index >= 15 is 0 Å². The van der Waals surface area contributed by atoms with E-state index in [4.69, 9.17) is 0 Å². The lowest BCUT2D eigenvalue weighted by Crippen LogP contribution is -2.19. The minimum Gasteiger partial charge on any atom is -0.507 e. The molecule has 2 aromatic rings. The number of rotatable bonds is 3. The predicted octanol–water partition coefficient (Wildman–Crippen LogP) is 8.60. The number of phenolic OH excluding ortho intramolecular Hbond substituents is 2. The van der Waals surface area contributed by atoms with Crippen LogP contribution in [0.15, 0.2) is 24.3 Å². The molecule has 0 fully saturated rings. The molecule has 0 saturated carbocycles. The third-order valence-corrected chi connectivity index (χ3v) is 6.48. The number of benzene rings is 2. The Morgan fingerprint density at radius 2 is 0.778 bits per heavy atom. The molecule has 204 valence electrons. The molecule has 0 aliphatic heterocycles. The van der Waals surface area contributed by atoms with Gasteiger partial charge in [0.05, 0.1) is 0 Å². The third kappa shape index (κ3) is 8.54. The summed E-state index contributed by atoms with van der Waals surface area (Å²) in [6.45, 7) is 28.8. The molecule has 0 saturated heterocycles. The van der Waals surface area contributed by atoms with E-state index < -0.39 is 0 Å². The molecule has 0 aliphatic rings. The fourth-order valence-corrected chi connectivity index (χ4v) is 4.34. The molecule has 0 aromatic heterocycles. The lowest BCUT2D eigenvalue weighted by molar-refractivity contribution is 0.395. The number of phenols is 2. The lowest BCUT2D eigenvalue weighted by atomic mass is 9.78. The van der Waals surface area contributed by atoms with Gasteiger partial charge in [-0.15, -0.1) is 0 Å². The molecule has 36 heavy (non-hydrogen) atoms. The normalized spacial score (nSPS) is 13.0. The standard InChI is InChI=1S/C17H29NO.C16H26O/c1-16(2,3)13-9-12(11-18(7)8)10-14(15(13)19)17(4,5)6;1-8-11-9-12(15(2,3)4)14(17)13(10-11)16(5,6)7/h9-10,19H,11H2,1-8H3;9-10,17H,8H2,1-7H3. The first kappa shape index (κ1) is 32.0. The maximum Gasteiger partial charge on any atom is 0.123 e. The van der Waals surface area contributed by atoms with Crippen LogP contribution in [0.3, 0.4) is 0 Å². The topological polar surface area (TPSA) is 43.7 Å². The summed E-state index contributed by atoms with van der Waals surface area (Å²) in [4.78, 5) is 2.16. The van der Waals surface area contributed by atoms with E-state index in [1.807, 2.05) is 0 Å². The van der Waals surface area contributed by atoms with Gasteiger partial charge in [0.25, 0.3) is 0 Å². The third-order valence-electron chi connectivity index (χ3n) is 6.48. The highest BCUT2D eigenvalue weighted by atomic mass is 16.3. The van der Waals surface area contributed by atoms with E-state index in [-0.39, 0.29) is 21.7 Å². The second-order valence-corrected chi connectivity index (χ2v) is 14.7. The number of nitrogens with zero attached hydrogens (tertiary/aromatic N) is 1. The van der Waals surface area contributed by atoms with Gasteiger partial charge in [0, 0.05) is 6.54 Å². The van der Waals surface area contributed by atoms with Gasteiger partial charge in [-0.25, -0.2) is 0 Å². The van der Waals surface area contributed by atoms with E-state index in [1.165, 1.54) is 11.1 Å². The van der Waals surface area contributed by atoms with Gasteiger partial charge in [0.2, 0.25) is 0 Å². The molecule has 0 atom stereocenters. The largest absolute Gasteiger partial charge is 0.507 e. The van der Waals surface area contributed by atoms with E-state index in [9.17, 15) is 10.2 Å². The van der Waals surface area contributed by atoms with Crippen molar-refractivity contribution in [1.82, 2.24) is 4.90 Å². The molecule has 3 heteroatoms. The SMILES string of the molecule is CCc1cc(C(C)(C)C)c(O)c(C(C)(C)C)c1.CN(C)Cc1cc(C(C)(C)C)c(O)c(C(C)(C)C)c1. The van der Waals surface area contributed by atoms with Crippen LogP contribution in [-0.4, -0.2) is 29.2 Å². The zero-order chi connectivity index (χ0) is 28.4. The molecule has 0 aliphatic carbocycles. The zero-order valence-electron chi connectivity index (χ0n) is 26.1. The van der Waals surface area contributed by atoms with E-state index in [0.29, 0.717) is 11.5 Å². The number of aromatic hydroxyl groups is 2. The first-order chi connectivity index (χ1) is 16.0. The highest BCUT2D eigenvalue weighted by Crippen LogP contribution is 2.41. The average molecular weight is 498 g/mol. The maximum absolute atomic E-state index is 10.6. The first-order valence-electron chi connectivity index (χ1n) is 13.4. The smallest absolute Gasteiger partial charge is 0.123 e. The molecular formula is C33H55NO2. The van der Waals surface area contributed by atoms with Crippen LogP contribution in [0.1, 0.15) is 123 Å². The molecule has 0 unspecified atom stereocenters. The van der Waals surface area contributed by atoms with Gasteiger partial charge in [-0.1, -0.05) is 114 Å². The molecule has 0 spiro atoms. The van der Waals surface area contributed by atoms with Gasteiger partial charge in [0.1, 0.15) is 11.5 Å².